The highest BCUT2D eigenvalue weighted by Crippen LogP contribution is 2.12. The smallest absolute Gasteiger partial charge is 0.308 e. The zero-order valence-corrected chi connectivity index (χ0v) is 11.1. The molecule has 1 rings (SSSR count). The van der Waals surface area contributed by atoms with Crippen LogP contribution in [0.2, 0.25) is 0 Å². The summed E-state index contributed by atoms with van der Waals surface area (Å²) in [6.45, 7) is 5.61. The molecule has 0 amide bonds. The SMILES string of the molecule is Cc1ccc(OCC(O)CC(=O)OC(C)C)cc1. The van der Waals surface area contributed by atoms with Gasteiger partial charge in [-0.2, -0.15) is 0 Å². The van der Waals surface area contributed by atoms with Gasteiger partial charge >= 0.3 is 5.97 Å². The molecule has 4 nitrogen and oxygen atoms in total. The molecule has 1 atom stereocenters. The number of carbonyl (C=O) groups excluding carboxylic acids is 1. The molecule has 0 bridgehead atoms. The lowest BCUT2D eigenvalue weighted by Crippen LogP contribution is -2.24. The maximum absolute atomic E-state index is 11.3. The Morgan fingerprint density at radius 2 is 1.89 bits per heavy atom. The number of carbonyl (C=O) groups is 1. The lowest BCUT2D eigenvalue weighted by molar-refractivity contribution is -0.150. The van der Waals surface area contributed by atoms with Gasteiger partial charge in [-0.15, -0.1) is 0 Å². The summed E-state index contributed by atoms with van der Waals surface area (Å²) in [7, 11) is 0. The van der Waals surface area contributed by atoms with Crippen molar-refractivity contribution in [3.63, 3.8) is 0 Å². The molecule has 1 aromatic rings. The van der Waals surface area contributed by atoms with Gasteiger partial charge in [-0.3, -0.25) is 4.79 Å². The normalized spacial score (nSPS) is 12.3. The van der Waals surface area contributed by atoms with E-state index in [1.807, 2.05) is 31.2 Å². The summed E-state index contributed by atoms with van der Waals surface area (Å²) in [5.41, 5.74) is 1.14. The van der Waals surface area contributed by atoms with Crippen LogP contribution in [-0.2, 0) is 9.53 Å². The molecule has 100 valence electrons. The second-order valence-corrected chi connectivity index (χ2v) is 4.52. The molecule has 0 saturated heterocycles. The van der Waals surface area contributed by atoms with Crippen LogP contribution in [0.3, 0.4) is 0 Å². The molecule has 0 saturated carbocycles. The number of aliphatic hydroxyl groups excluding tert-OH is 1. The highest BCUT2D eigenvalue weighted by atomic mass is 16.5. The van der Waals surface area contributed by atoms with Crippen molar-refractivity contribution in [2.75, 3.05) is 6.61 Å². The fourth-order valence-electron chi connectivity index (χ4n) is 1.39. The van der Waals surface area contributed by atoms with Crippen LogP contribution in [-0.4, -0.2) is 29.9 Å². The molecule has 1 aromatic carbocycles. The Kier molecular flexibility index (Phi) is 5.65. The third-order valence-electron chi connectivity index (χ3n) is 2.23. The van der Waals surface area contributed by atoms with Crippen molar-refractivity contribution in [3.8, 4) is 5.75 Å². The molecule has 0 radical (unpaired) electrons. The van der Waals surface area contributed by atoms with Gasteiger partial charge in [-0.25, -0.2) is 0 Å². The van der Waals surface area contributed by atoms with E-state index >= 15 is 0 Å². The van der Waals surface area contributed by atoms with Crippen molar-refractivity contribution in [1.82, 2.24) is 0 Å². The zero-order chi connectivity index (χ0) is 13.5. The van der Waals surface area contributed by atoms with Gasteiger partial charge in [0.1, 0.15) is 12.4 Å². The van der Waals surface area contributed by atoms with E-state index in [0.29, 0.717) is 5.75 Å². The summed E-state index contributed by atoms with van der Waals surface area (Å²) in [6, 6.07) is 7.51. The molecule has 0 fully saturated rings. The van der Waals surface area contributed by atoms with Crippen LogP contribution in [0.25, 0.3) is 0 Å². The number of hydrogen-bond donors (Lipinski definition) is 1. The average molecular weight is 252 g/mol. The quantitative estimate of drug-likeness (QED) is 0.787. The molecule has 1 unspecified atom stereocenters. The highest BCUT2D eigenvalue weighted by Gasteiger charge is 2.13. The molecular formula is C14H20O4. The summed E-state index contributed by atoms with van der Waals surface area (Å²) in [4.78, 5) is 11.3. The van der Waals surface area contributed by atoms with Crippen molar-refractivity contribution < 1.29 is 19.4 Å². The molecule has 1 N–H and O–H groups in total. The number of aliphatic hydroxyl groups is 1. The summed E-state index contributed by atoms with van der Waals surface area (Å²) in [5.74, 6) is 0.266. The predicted molar refractivity (Wildman–Crippen MR) is 68.5 cm³/mol. The minimum absolute atomic E-state index is 0.0515. The number of benzene rings is 1. The molecule has 0 spiro atoms. The Morgan fingerprint density at radius 3 is 2.44 bits per heavy atom. The Bertz CT molecular complexity index is 370. The van der Waals surface area contributed by atoms with E-state index in [2.05, 4.69) is 0 Å². The number of rotatable bonds is 6. The van der Waals surface area contributed by atoms with E-state index in [1.165, 1.54) is 0 Å². The topological polar surface area (TPSA) is 55.8 Å². The summed E-state index contributed by atoms with van der Waals surface area (Å²) >= 11 is 0. The van der Waals surface area contributed by atoms with Crippen LogP contribution in [0.1, 0.15) is 25.8 Å². The number of ether oxygens (including phenoxy) is 2. The summed E-state index contributed by atoms with van der Waals surface area (Å²) in [5, 5.41) is 9.62. The van der Waals surface area contributed by atoms with Crippen molar-refractivity contribution in [2.24, 2.45) is 0 Å². The first kappa shape index (κ1) is 14.5. The first-order chi connectivity index (χ1) is 8.47. The molecule has 4 heteroatoms. The van der Waals surface area contributed by atoms with E-state index in [9.17, 15) is 9.90 Å². The first-order valence-electron chi connectivity index (χ1n) is 6.04. The minimum atomic E-state index is -0.849. The second-order valence-electron chi connectivity index (χ2n) is 4.52. The monoisotopic (exact) mass is 252 g/mol. The van der Waals surface area contributed by atoms with Crippen LogP contribution < -0.4 is 4.74 Å². The number of hydrogen-bond acceptors (Lipinski definition) is 4. The summed E-state index contributed by atoms with van der Waals surface area (Å²) < 4.78 is 10.3. The standard InChI is InChI=1S/C14H20O4/c1-10(2)18-14(16)8-12(15)9-17-13-6-4-11(3)5-7-13/h4-7,10,12,15H,8-9H2,1-3H3. The largest absolute Gasteiger partial charge is 0.491 e. The lowest BCUT2D eigenvalue weighted by Gasteiger charge is -2.13. The predicted octanol–water partition coefficient (Wildman–Crippen LogP) is 2.08. The van der Waals surface area contributed by atoms with Crippen LogP contribution >= 0.6 is 0 Å². The van der Waals surface area contributed by atoms with Gasteiger partial charge in [0.05, 0.1) is 18.6 Å². The van der Waals surface area contributed by atoms with Gasteiger partial charge in [0.25, 0.3) is 0 Å². The second kappa shape index (κ2) is 7.01. The third kappa shape index (κ3) is 5.68. The van der Waals surface area contributed by atoms with Gasteiger partial charge in [0.15, 0.2) is 0 Å². The van der Waals surface area contributed by atoms with E-state index in [-0.39, 0.29) is 19.1 Å². The fraction of sp³-hybridized carbons (Fsp3) is 0.500. The Hall–Kier alpha value is -1.55. The Morgan fingerprint density at radius 1 is 1.28 bits per heavy atom. The van der Waals surface area contributed by atoms with Crippen molar-refractivity contribution in [2.45, 2.75) is 39.4 Å². The van der Waals surface area contributed by atoms with E-state index < -0.39 is 12.1 Å². The summed E-state index contributed by atoms with van der Waals surface area (Å²) in [6.07, 6.45) is -1.07. The van der Waals surface area contributed by atoms with Crippen LogP contribution in [0.4, 0.5) is 0 Å². The molecule has 0 aliphatic rings. The lowest BCUT2D eigenvalue weighted by atomic mass is 10.2. The van der Waals surface area contributed by atoms with Crippen molar-refractivity contribution >= 4 is 5.97 Å². The average Bonchev–Trinajstić information content (AvgIpc) is 2.27. The maximum atomic E-state index is 11.3. The first-order valence-corrected chi connectivity index (χ1v) is 6.04. The molecule has 0 heterocycles. The Balaban J connectivity index is 2.30. The van der Waals surface area contributed by atoms with E-state index in [1.54, 1.807) is 13.8 Å². The molecule has 0 aliphatic heterocycles. The zero-order valence-electron chi connectivity index (χ0n) is 11.1. The molecule has 0 aliphatic carbocycles. The molecule has 0 aromatic heterocycles. The van der Waals surface area contributed by atoms with Crippen LogP contribution in [0, 0.1) is 6.92 Å². The number of esters is 1. The van der Waals surface area contributed by atoms with Gasteiger partial charge in [-0.05, 0) is 32.9 Å². The maximum Gasteiger partial charge on any atom is 0.308 e. The Labute approximate surface area is 108 Å². The van der Waals surface area contributed by atoms with Crippen molar-refractivity contribution in [1.29, 1.82) is 0 Å². The van der Waals surface area contributed by atoms with Gasteiger partial charge in [0.2, 0.25) is 0 Å². The minimum Gasteiger partial charge on any atom is -0.491 e. The van der Waals surface area contributed by atoms with Gasteiger partial charge in [0, 0.05) is 0 Å². The van der Waals surface area contributed by atoms with E-state index in [0.717, 1.165) is 5.56 Å². The van der Waals surface area contributed by atoms with Gasteiger partial charge < -0.3 is 14.6 Å². The molecular weight excluding hydrogens is 232 g/mol. The van der Waals surface area contributed by atoms with E-state index in [4.69, 9.17) is 9.47 Å². The van der Waals surface area contributed by atoms with Crippen LogP contribution in [0.15, 0.2) is 24.3 Å². The van der Waals surface area contributed by atoms with Crippen molar-refractivity contribution in [3.05, 3.63) is 29.8 Å². The fourth-order valence-corrected chi connectivity index (χ4v) is 1.39. The van der Waals surface area contributed by atoms with Gasteiger partial charge in [-0.1, -0.05) is 17.7 Å². The third-order valence-corrected chi connectivity index (χ3v) is 2.23. The van der Waals surface area contributed by atoms with Crippen LogP contribution in [0.5, 0.6) is 5.75 Å². The number of aryl methyl sites for hydroxylation is 1. The highest BCUT2D eigenvalue weighted by molar-refractivity contribution is 5.70. The molecule has 18 heavy (non-hydrogen) atoms.